The Morgan fingerprint density at radius 1 is 1.14 bits per heavy atom. The zero-order valence-electron chi connectivity index (χ0n) is 21.8. The molecule has 0 saturated carbocycles. The second kappa shape index (κ2) is 10.2. The number of hydrogen-bond donors (Lipinski definition) is 3. The number of pyridine rings is 1. The minimum Gasteiger partial charge on any atom is -0.444 e. The van der Waals surface area contributed by atoms with Gasteiger partial charge in [-0.1, -0.05) is 19.1 Å². The van der Waals surface area contributed by atoms with Crippen molar-refractivity contribution >= 4 is 35.3 Å². The van der Waals surface area contributed by atoms with Crippen LogP contribution in [0.1, 0.15) is 73.6 Å². The van der Waals surface area contributed by atoms with E-state index in [2.05, 4.69) is 27.9 Å². The van der Waals surface area contributed by atoms with Crippen molar-refractivity contribution in [1.29, 1.82) is 0 Å². The van der Waals surface area contributed by atoms with Crippen LogP contribution < -0.4 is 16.0 Å². The number of nitrogens with zero attached hydrogens (tertiary/aromatic N) is 2. The first-order valence-corrected chi connectivity index (χ1v) is 12.4. The fourth-order valence-electron chi connectivity index (χ4n) is 4.67. The second-order valence-electron chi connectivity index (χ2n) is 10.7. The molecule has 0 spiro atoms. The maximum atomic E-state index is 13.3. The SMILES string of the molecule is Cc1cc(NC(=O)C(=O)N2C[C@H](C)CC[C@H]2c2ccc3c(c2)CNC3=O)cnc1NC(=O)OC(C)(C)C. The van der Waals surface area contributed by atoms with E-state index < -0.39 is 23.5 Å². The van der Waals surface area contributed by atoms with Crippen LogP contribution >= 0.6 is 0 Å². The van der Waals surface area contributed by atoms with Crippen molar-refractivity contribution in [3.05, 3.63) is 52.7 Å². The minimum absolute atomic E-state index is 0.0951. The van der Waals surface area contributed by atoms with Gasteiger partial charge in [0.25, 0.3) is 5.91 Å². The van der Waals surface area contributed by atoms with Crippen LogP contribution in [0.3, 0.4) is 0 Å². The number of fused-ring (bicyclic) bond motifs is 1. The topological polar surface area (TPSA) is 130 Å². The smallest absolute Gasteiger partial charge is 0.413 e. The second-order valence-corrected chi connectivity index (χ2v) is 10.7. The molecule has 2 aliphatic heterocycles. The zero-order chi connectivity index (χ0) is 26.9. The van der Waals surface area contributed by atoms with Crippen molar-refractivity contribution in [3.8, 4) is 0 Å². The molecular weight excluding hydrogens is 474 g/mol. The van der Waals surface area contributed by atoms with Crippen molar-refractivity contribution in [1.82, 2.24) is 15.2 Å². The van der Waals surface area contributed by atoms with Crippen LogP contribution in [-0.4, -0.2) is 45.8 Å². The summed E-state index contributed by atoms with van der Waals surface area (Å²) in [6, 6.07) is 6.98. The highest BCUT2D eigenvalue weighted by Crippen LogP contribution is 2.35. The molecule has 4 rings (SSSR count). The number of piperidine rings is 1. The Kier molecular flexibility index (Phi) is 7.20. The third-order valence-electron chi connectivity index (χ3n) is 6.43. The molecule has 4 amide bonds. The molecule has 3 N–H and O–H groups in total. The summed E-state index contributed by atoms with van der Waals surface area (Å²) in [5.74, 6) is -0.922. The largest absolute Gasteiger partial charge is 0.444 e. The first kappa shape index (κ1) is 26.1. The summed E-state index contributed by atoms with van der Waals surface area (Å²) in [6.45, 7) is 10.00. The number of carbonyl (C=O) groups excluding carboxylic acids is 4. The summed E-state index contributed by atoms with van der Waals surface area (Å²) < 4.78 is 5.24. The Labute approximate surface area is 216 Å². The van der Waals surface area contributed by atoms with Crippen molar-refractivity contribution in [2.75, 3.05) is 17.2 Å². The van der Waals surface area contributed by atoms with Crippen molar-refractivity contribution in [2.45, 2.75) is 65.6 Å². The number of aryl methyl sites for hydroxylation is 1. The van der Waals surface area contributed by atoms with Gasteiger partial charge < -0.3 is 20.3 Å². The number of ether oxygens (including phenoxy) is 1. The fraction of sp³-hybridized carbons (Fsp3) is 0.444. The highest BCUT2D eigenvalue weighted by Gasteiger charge is 2.35. The fourth-order valence-corrected chi connectivity index (χ4v) is 4.67. The number of carbonyl (C=O) groups is 4. The lowest BCUT2D eigenvalue weighted by Gasteiger charge is -2.38. The average Bonchev–Trinajstić information content (AvgIpc) is 3.19. The number of amides is 4. The number of benzene rings is 1. The van der Waals surface area contributed by atoms with Crippen LogP contribution in [0.2, 0.25) is 0 Å². The van der Waals surface area contributed by atoms with Gasteiger partial charge in [-0.05, 0) is 75.3 Å². The zero-order valence-corrected chi connectivity index (χ0v) is 21.8. The molecule has 0 unspecified atom stereocenters. The Morgan fingerprint density at radius 3 is 2.59 bits per heavy atom. The number of likely N-dealkylation sites (tertiary alicyclic amines) is 1. The summed E-state index contributed by atoms with van der Waals surface area (Å²) >= 11 is 0. The molecular formula is C27H33N5O5. The molecule has 2 aliphatic rings. The first-order chi connectivity index (χ1) is 17.4. The summed E-state index contributed by atoms with van der Waals surface area (Å²) in [5, 5.41) is 8.04. The van der Waals surface area contributed by atoms with Gasteiger partial charge in [0.2, 0.25) is 0 Å². The van der Waals surface area contributed by atoms with E-state index in [4.69, 9.17) is 4.74 Å². The first-order valence-electron chi connectivity index (χ1n) is 12.4. The van der Waals surface area contributed by atoms with Gasteiger partial charge in [0, 0.05) is 18.7 Å². The van der Waals surface area contributed by atoms with Gasteiger partial charge in [-0.25, -0.2) is 9.78 Å². The quantitative estimate of drug-likeness (QED) is 0.540. The Bertz CT molecular complexity index is 1250. The number of nitrogens with one attached hydrogen (secondary N) is 3. The molecule has 10 nitrogen and oxygen atoms in total. The van der Waals surface area contributed by atoms with Crippen LogP contribution in [0.15, 0.2) is 30.5 Å². The van der Waals surface area contributed by atoms with Crippen LogP contribution in [0.5, 0.6) is 0 Å². The number of aromatic nitrogens is 1. The third kappa shape index (κ3) is 6.07. The Morgan fingerprint density at radius 2 is 1.89 bits per heavy atom. The van der Waals surface area contributed by atoms with Crippen molar-refractivity contribution < 1.29 is 23.9 Å². The molecule has 0 radical (unpaired) electrons. The molecule has 196 valence electrons. The Hall–Kier alpha value is -3.95. The number of hydrogen-bond acceptors (Lipinski definition) is 6. The molecule has 1 aromatic heterocycles. The predicted molar refractivity (Wildman–Crippen MR) is 138 cm³/mol. The van der Waals surface area contributed by atoms with E-state index in [0.717, 1.165) is 24.0 Å². The molecule has 1 saturated heterocycles. The molecule has 0 bridgehead atoms. The molecule has 2 atom stereocenters. The van der Waals surface area contributed by atoms with Crippen molar-refractivity contribution in [2.24, 2.45) is 5.92 Å². The maximum Gasteiger partial charge on any atom is 0.413 e. The Balaban J connectivity index is 1.46. The van der Waals surface area contributed by atoms with Gasteiger partial charge in [-0.2, -0.15) is 0 Å². The molecule has 1 fully saturated rings. The van der Waals surface area contributed by atoms with E-state index in [1.807, 2.05) is 12.1 Å². The van der Waals surface area contributed by atoms with Crippen LogP contribution in [0.4, 0.5) is 16.3 Å². The van der Waals surface area contributed by atoms with E-state index in [1.165, 1.54) is 6.20 Å². The van der Waals surface area contributed by atoms with E-state index in [9.17, 15) is 19.2 Å². The third-order valence-corrected chi connectivity index (χ3v) is 6.43. The van der Waals surface area contributed by atoms with E-state index >= 15 is 0 Å². The number of rotatable bonds is 3. The lowest BCUT2D eigenvalue weighted by atomic mass is 9.88. The predicted octanol–water partition coefficient (Wildman–Crippen LogP) is 3.92. The van der Waals surface area contributed by atoms with Crippen LogP contribution in [0.25, 0.3) is 0 Å². The highest BCUT2D eigenvalue weighted by molar-refractivity contribution is 6.39. The van der Waals surface area contributed by atoms with E-state index in [0.29, 0.717) is 35.7 Å². The van der Waals surface area contributed by atoms with E-state index in [1.54, 1.807) is 44.7 Å². The van der Waals surface area contributed by atoms with Gasteiger partial charge in [0.1, 0.15) is 11.4 Å². The summed E-state index contributed by atoms with van der Waals surface area (Å²) in [4.78, 5) is 56.1. The van der Waals surface area contributed by atoms with E-state index in [-0.39, 0.29) is 17.9 Å². The van der Waals surface area contributed by atoms with Gasteiger partial charge in [-0.15, -0.1) is 0 Å². The summed E-state index contributed by atoms with van der Waals surface area (Å²) in [5.41, 5.74) is 2.76. The minimum atomic E-state index is -0.758. The molecule has 0 aliphatic carbocycles. The average molecular weight is 508 g/mol. The van der Waals surface area contributed by atoms with Crippen molar-refractivity contribution in [3.63, 3.8) is 0 Å². The van der Waals surface area contributed by atoms with Gasteiger partial charge in [-0.3, -0.25) is 19.7 Å². The van der Waals surface area contributed by atoms with Gasteiger partial charge in [0.15, 0.2) is 0 Å². The molecule has 3 heterocycles. The normalized spacial score (nSPS) is 19.1. The highest BCUT2D eigenvalue weighted by atomic mass is 16.6. The summed E-state index contributed by atoms with van der Waals surface area (Å²) in [7, 11) is 0. The lowest BCUT2D eigenvalue weighted by Crippen LogP contribution is -2.46. The molecule has 1 aromatic carbocycles. The van der Waals surface area contributed by atoms with Gasteiger partial charge >= 0.3 is 17.9 Å². The van der Waals surface area contributed by atoms with Crippen LogP contribution in [-0.2, 0) is 20.9 Å². The lowest BCUT2D eigenvalue weighted by molar-refractivity contribution is -0.146. The van der Waals surface area contributed by atoms with Crippen LogP contribution in [0, 0.1) is 12.8 Å². The maximum absolute atomic E-state index is 13.3. The monoisotopic (exact) mass is 507 g/mol. The summed E-state index contributed by atoms with van der Waals surface area (Å²) in [6.07, 6.45) is 2.41. The molecule has 2 aromatic rings. The van der Waals surface area contributed by atoms with Gasteiger partial charge in [0.05, 0.1) is 17.9 Å². The number of anilines is 2. The standard InChI is InChI=1S/C27H33N5O5/c1-15-6-9-21(17-7-8-20-18(11-17)12-29-23(20)33)32(14-15)25(35)24(34)30-19-10-16(2)22(28-13-19)31-26(36)37-27(3,4)5/h7-8,10-11,13,15,21H,6,9,12,14H2,1-5H3,(H,29,33)(H,30,34)(H,28,31,36)/t15-,21+/m1/s1. The molecule has 10 heteroatoms. The molecule has 37 heavy (non-hydrogen) atoms.